The van der Waals surface area contributed by atoms with Gasteiger partial charge in [-0.2, -0.15) is 11.3 Å². The molecular formula is C18H17N3O2S. The maximum absolute atomic E-state index is 12.5. The zero-order chi connectivity index (χ0) is 16.5. The van der Waals surface area contributed by atoms with Crippen molar-refractivity contribution in [3.05, 3.63) is 58.7 Å². The SMILES string of the molecule is COc1ccc(-c2cnc3n2CCN(C(=O)c2ccsc2)C3)cc1. The molecule has 0 radical (unpaired) electrons. The number of benzene rings is 1. The van der Waals surface area contributed by atoms with E-state index in [1.807, 2.05) is 52.2 Å². The molecule has 0 unspecified atom stereocenters. The number of methoxy groups -OCH3 is 1. The Morgan fingerprint density at radius 2 is 2.04 bits per heavy atom. The van der Waals surface area contributed by atoms with Gasteiger partial charge in [-0.1, -0.05) is 0 Å². The lowest BCUT2D eigenvalue weighted by Gasteiger charge is -2.28. The van der Waals surface area contributed by atoms with Gasteiger partial charge < -0.3 is 14.2 Å². The van der Waals surface area contributed by atoms with Gasteiger partial charge in [0.2, 0.25) is 0 Å². The molecule has 2 aromatic heterocycles. The molecule has 3 heterocycles. The number of imidazole rings is 1. The first kappa shape index (κ1) is 15.0. The van der Waals surface area contributed by atoms with Crippen LogP contribution in [-0.2, 0) is 13.1 Å². The minimum atomic E-state index is 0.0801. The summed E-state index contributed by atoms with van der Waals surface area (Å²) in [6.07, 6.45) is 1.88. The van der Waals surface area contributed by atoms with E-state index in [1.165, 1.54) is 0 Å². The van der Waals surface area contributed by atoms with E-state index in [9.17, 15) is 4.79 Å². The predicted molar refractivity (Wildman–Crippen MR) is 93.3 cm³/mol. The Bertz CT molecular complexity index is 853. The van der Waals surface area contributed by atoms with Crippen molar-refractivity contribution in [2.75, 3.05) is 13.7 Å². The molecule has 4 rings (SSSR count). The van der Waals surface area contributed by atoms with Crippen molar-refractivity contribution in [2.45, 2.75) is 13.1 Å². The standard InChI is InChI=1S/C18H17N3O2S/c1-23-15-4-2-13(3-5-15)16-10-19-17-11-20(7-8-21(16)17)18(22)14-6-9-24-12-14/h2-6,9-10,12H,7-8,11H2,1H3. The average Bonchev–Trinajstić information content (AvgIpc) is 3.30. The Morgan fingerprint density at radius 3 is 2.75 bits per heavy atom. The summed E-state index contributed by atoms with van der Waals surface area (Å²) in [5.41, 5.74) is 2.94. The van der Waals surface area contributed by atoms with Crippen LogP contribution >= 0.6 is 11.3 Å². The summed E-state index contributed by atoms with van der Waals surface area (Å²) >= 11 is 1.54. The van der Waals surface area contributed by atoms with Gasteiger partial charge in [0.1, 0.15) is 11.6 Å². The second-order valence-corrected chi connectivity index (χ2v) is 6.46. The zero-order valence-electron chi connectivity index (χ0n) is 13.3. The van der Waals surface area contributed by atoms with E-state index in [-0.39, 0.29) is 5.91 Å². The molecule has 3 aromatic rings. The molecule has 0 atom stereocenters. The normalized spacial score (nSPS) is 13.6. The Morgan fingerprint density at radius 1 is 1.21 bits per heavy atom. The van der Waals surface area contributed by atoms with Crippen molar-refractivity contribution in [1.29, 1.82) is 0 Å². The monoisotopic (exact) mass is 339 g/mol. The lowest BCUT2D eigenvalue weighted by atomic mass is 10.1. The van der Waals surface area contributed by atoms with E-state index in [4.69, 9.17) is 4.74 Å². The maximum atomic E-state index is 12.5. The molecule has 24 heavy (non-hydrogen) atoms. The fraction of sp³-hybridized carbons (Fsp3) is 0.222. The van der Waals surface area contributed by atoms with E-state index in [1.54, 1.807) is 18.4 Å². The van der Waals surface area contributed by atoms with Crippen LogP contribution in [0.2, 0.25) is 0 Å². The maximum Gasteiger partial charge on any atom is 0.255 e. The van der Waals surface area contributed by atoms with Gasteiger partial charge >= 0.3 is 0 Å². The van der Waals surface area contributed by atoms with Gasteiger partial charge in [-0.25, -0.2) is 4.98 Å². The number of carbonyl (C=O) groups is 1. The first-order valence-electron chi connectivity index (χ1n) is 7.76. The Hall–Kier alpha value is -2.60. The molecule has 0 saturated heterocycles. The molecule has 0 bridgehead atoms. The smallest absolute Gasteiger partial charge is 0.255 e. The topological polar surface area (TPSA) is 47.4 Å². The van der Waals surface area contributed by atoms with Gasteiger partial charge in [-0.15, -0.1) is 0 Å². The quantitative estimate of drug-likeness (QED) is 0.736. The molecule has 1 aliphatic rings. The summed E-state index contributed by atoms with van der Waals surface area (Å²) in [6.45, 7) is 2.00. The van der Waals surface area contributed by atoms with Gasteiger partial charge in [0.25, 0.3) is 5.91 Å². The molecule has 0 fully saturated rings. The highest BCUT2D eigenvalue weighted by molar-refractivity contribution is 7.08. The largest absolute Gasteiger partial charge is 0.497 e. The van der Waals surface area contributed by atoms with Crippen molar-refractivity contribution >= 4 is 17.2 Å². The van der Waals surface area contributed by atoms with Crippen molar-refractivity contribution < 1.29 is 9.53 Å². The predicted octanol–water partition coefficient (Wildman–Crippen LogP) is 3.28. The Labute approximate surface area is 144 Å². The van der Waals surface area contributed by atoms with Crippen LogP contribution in [0, 0.1) is 0 Å². The highest BCUT2D eigenvalue weighted by Gasteiger charge is 2.24. The van der Waals surface area contributed by atoms with E-state index in [0.29, 0.717) is 13.1 Å². The van der Waals surface area contributed by atoms with Crippen LogP contribution in [-0.4, -0.2) is 34.0 Å². The fourth-order valence-electron chi connectivity index (χ4n) is 2.99. The average molecular weight is 339 g/mol. The summed E-state index contributed by atoms with van der Waals surface area (Å²) < 4.78 is 7.40. The minimum absolute atomic E-state index is 0.0801. The fourth-order valence-corrected chi connectivity index (χ4v) is 3.62. The molecule has 0 aliphatic carbocycles. The number of hydrogen-bond acceptors (Lipinski definition) is 4. The Kier molecular flexibility index (Phi) is 3.82. The highest BCUT2D eigenvalue weighted by atomic mass is 32.1. The third-order valence-electron chi connectivity index (χ3n) is 4.31. The number of aromatic nitrogens is 2. The van der Waals surface area contributed by atoms with Crippen molar-refractivity contribution in [1.82, 2.24) is 14.5 Å². The number of carbonyl (C=O) groups excluding carboxylic acids is 1. The van der Waals surface area contributed by atoms with Crippen LogP contribution in [0.3, 0.4) is 0 Å². The molecule has 1 aromatic carbocycles. The van der Waals surface area contributed by atoms with Crippen molar-refractivity contribution in [2.24, 2.45) is 0 Å². The molecule has 0 N–H and O–H groups in total. The van der Waals surface area contributed by atoms with Crippen LogP contribution in [0.5, 0.6) is 5.75 Å². The minimum Gasteiger partial charge on any atom is -0.497 e. The number of ether oxygens (including phenoxy) is 1. The number of amides is 1. The number of fused-ring (bicyclic) bond motifs is 1. The molecule has 6 heteroatoms. The van der Waals surface area contributed by atoms with Crippen molar-refractivity contribution in [3.8, 4) is 17.0 Å². The summed E-state index contributed by atoms with van der Waals surface area (Å²) in [7, 11) is 1.66. The number of rotatable bonds is 3. The third-order valence-corrected chi connectivity index (χ3v) is 4.99. The lowest BCUT2D eigenvalue weighted by Crippen LogP contribution is -2.38. The van der Waals surface area contributed by atoms with Crippen LogP contribution < -0.4 is 4.74 Å². The number of hydrogen-bond donors (Lipinski definition) is 0. The van der Waals surface area contributed by atoms with Gasteiger partial charge in [0.15, 0.2) is 0 Å². The van der Waals surface area contributed by atoms with Crippen LogP contribution in [0.1, 0.15) is 16.2 Å². The third kappa shape index (κ3) is 2.59. The second-order valence-electron chi connectivity index (χ2n) is 5.68. The second kappa shape index (κ2) is 6.13. The summed E-state index contributed by atoms with van der Waals surface area (Å²) in [5.74, 6) is 1.84. The van der Waals surface area contributed by atoms with E-state index in [2.05, 4.69) is 9.55 Å². The molecule has 122 valence electrons. The lowest BCUT2D eigenvalue weighted by molar-refractivity contribution is 0.0708. The van der Waals surface area contributed by atoms with Gasteiger partial charge in [0, 0.05) is 24.0 Å². The number of nitrogens with zero attached hydrogens (tertiary/aromatic N) is 3. The Balaban J connectivity index is 1.58. The summed E-state index contributed by atoms with van der Waals surface area (Å²) in [5, 5.41) is 3.83. The highest BCUT2D eigenvalue weighted by Crippen LogP contribution is 2.26. The molecular weight excluding hydrogens is 322 g/mol. The van der Waals surface area contributed by atoms with Crippen LogP contribution in [0.25, 0.3) is 11.3 Å². The molecule has 0 spiro atoms. The van der Waals surface area contributed by atoms with E-state index >= 15 is 0 Å². The van der Waals surface area contributed by atoms with Gasteiger partial charge in [-0.05, 0) is 35.7 Å². The summed E-state index contributed by atoms with van der Waals surface area (Å²) in [6, 6.07) is 9.84. The van der Waals surface area contributed by atoms with Crippen LogP contribution in [0.4, 0.5) is 0 Å². The molecule has 1 aliphatic heterocycles. The summed E-state index contributed by atoms with van der Waals surface area (Å²) in [4.78, 5) is 18.9. The number of thiophene rings is 1. The van der Waals surface area contributed by atoms with Gasteiger partial charge in [-0.3, -0.25) is 4.79 Å². The van der Waals surface area contributed by atoms with Crippen molar-refractivity contribution in [3.63, 3.8) is 0 Å². The van der Waals surface area contributed by atoms with Crippen LogP contribution in [0.15, 0.2) is 47.3 Å². The molecule has 5 nitrogen and oxygen atoms in total. The zero-order valence-corrected chi connectivity index (χ0v) is 14.1. The van der Waals surface area contributed by atoms with Gasteiger partial charge in [0.05, 0.1) is 31.1 Å². The molecule has 0 saturated carbocycles. The van der Waals surface area contributed by atoms with E-state index in [0.717, 1.165) is 34.9 Å². The first-order valence-corrected chi connectivity index (χ1v) is 8.71. The first-order chi connectivity index (χ1) is 11.8. The molecule has 1 amide bonds. The van der Waals surface area contributed by atoms with E-state index < -0.39 is 0 Å².